The van der Waals surface area contributed by atoms with E-state index in [0.29, 0.717) is 5.56 Å². The van der Waals surface area contributed by atoms with Crippen molar-refractivity contribution in [2.75, 3.05) is 7.11 Å². The molecule has 0 bridgehead atoms. The quantitative estimate of drug-likeness (QED) is 0.821. The summed E-state index contributed by atoms with van der Waals surface area (Å²) in [5.41, 5.74) is 8.05. The van der Waals surface area contributed by atoms with Gasteiger partial charge in [0.15, 0.2) is 0 Å². The monoisotopic (exact) mass is 239 g/mol. The zero-order valence-corrected chi connectivity index (χ0v) is 10.6. The van der Waals surface area contributed by atoms with Gasteiger partial charge >= 0.3 is 5.97 Å². The van der Waals surface area contributed by atoms with Crippen LogP contribution in [-0.4, -0.2) is 19.1 Å². The minimum absolute atomic E-state index is 0.333. The summed E-state index contributed by atoms with van der Waals surface area (Å²) >= 11 is 0. The average molecular weight is 239 g/mol. The van der Waals surface area contributed by atoms with Gasteiger partial charge in [0.1, 0.15) is 11.9 Å². The summed E-state index contributed by atoms with van der Waals surface area (Å²) in [5, 5.41) is 0. The number of hydrogen-bond acceptors (Lipinski definition) is 3. The average Bonchev–Trinajstić information content (AvgIpc) is 2.32. The van der Waals surface area contributed by atoms with Crippen LogP contribution in [-0.2, 0) is 9.53 Å². The largest absolute Gasteiger partial charge is 0.468 e. The highest BCUT2D eigenvalue weighted by Gasteiger charge is 2.26. The Kier molecular flexibility index (Phi) is 4.23. The molecule has 0 aromatic heterocycles. The maximum atomic E-state index is 13.8. The van der Waals surface area contributed by atoms with Crippen molar-refractivity contribution in [1.82, 2.24) is 0 Å². The summed E-state index contributed by atoms with van der Waals surface area (Å²) in [7, 11) is 1.27. The molecule has 17 heavy (non-hydrogen) atoms. The zero-order valence-electron chi connectivity index (χ0n) is 10.6. The second-order valence-corrected chi connectivity index (χ2v) is 4.24. The number of halogens is 1. The summed E-state index contributed by atoms with van der Waals surface area (Å²) in [6, 6.07) is 2.26. The predicted molar refractivity (Wildman–Crippen MR) is 64.3 cm³/mol. The van der Waals surface area contributed by atoms with Crippen LogP contribution in [0.5, 0.6) is 0 Å². The van der Waals surface area contributed by atoms with Gasteiger partial charge < -0.3 is 10.5 Å². The van der Waals surface area contributed by atoms with Gasteiger partial charge in [-0.15, -0.1) is 0 Å². The molecule has 0 aliphatic heterocycles. The molecule has 0 aliphatic carbocycles. The number of esters is 1. The molecule has 2 N–H and O–H groups in total. The molecule has 2 atom stereocenters. The second kappa shape index (κ2) is 5.27. The van der Waals surface area contributed by atoms with Crippen molar-refractivity contribution in [2.45, 2.75) is 32.7 Å². The molecule has 0 fully saturated rings. The number of ether oxygens (including phenoxy) is 1. The van der Waals surface area contributed by atoms with Gasteiger partial charge in [-0.25, -0.2) is 4.39 Å². The Morgan fingerprint density at radius 3 is 2.53 bits per heavy atom. The summed E-state index contributed by atoms with van der Waals surface area (Å²) in [6.07, 6.45) is 0. The number of methoxy groups -OCH3 is 1. The highest BCUT2D eigenvalue weighted by Crippen LogP contribution is 2.27. The van der Waals surface area contributed by atoms with Crippen LogP contribution in [0.4, 0.5) is 4.39 Å². The fraction of sp³-hybridized carbons (Fsp3) is 0.462. The Balaban J connectivity index is 3.16. The summed E-state index contributed by atoms with van der Waals surface area (Å²) in [4.78, 5) is 11.4. The molecule has 1 unspecified atom stereocenters. The minimum atomic E-state index is -0.852. The van der Waals surface area contributed by atoms with Crippen molar-refractivity contribution in [1.29, 1.82) is 0 Å². The van der Waals surface area contributed by atoms with E-state index < -0.39 is 17.9 Å². The lowest BCUT2D eigenvalue weighted by Gasteiger charge is -2.21. The van der Waals surface area contributed by atoms with E-state index in [9.17, 15) is 9.18 Å². The van der Waals surface area contributed by atoms with Crippen LogP contribution < -0.4 is 5.73 Å². The van der Waals surface area contributed by atoms with Crippen LogP contribution in [0, 0.1) is 19.7 Å². The van der Waals surface area contributed by atoms with Crippen molar-refractivity contribution < 1.29 is 13.9 Å². The first-order valence-corrected chi connectivity index (χ1v) is 5.49. The third-order valence-electron chi connectivity index (χ3n) is 3.20. The lowest BCUT2D eigenvalue weighted by Crippen LogP contribution is -2.37. The fourth-order valence-electron chi connectivity index (χ4n) is 1.88. The standard InChI is InChI=1S/C13H18FNO2/c1-7-5-6-10(14)11(8(7)2)9(3)12(15)13(16)17-4/h5-6,9,12H,15H2,1-4H3/t9?,12-/m0/s1. The molecule has 3 nitrogen and oxygen atoms in total. The Morgan fingerprint density at radius 1 is 1.41 bits per heavy atom. The number of rotatable bonds is 3. The number of carbonyl (C=O) groups is 1. The Bertz CT molecular complexity index is 432. The first-order valence-electron chi connectivity index (χ1n) is 5.49. The number of benzene rings is 1. The molecule has 0 radical (unpaired) electrons. The third-order valence-corrected chi connectivity index (χ3v) is 3.20. The molecule has 1 aromatic rings. The van der Waals surface area contributed by atoms with E-state index >= 15 is 0 Å². The molecule has 1 aromatic carbocycles. The molecular formula is C13H18FNO2. The van der Waals surface area contributed by atoms with Gasteiger partial charge in [0.25, 0.3) is 0 Å². The maximum Gasteiger partial charge on any atom is 0.323 e. The van der Waals surface area contributed by atoms with Crippen molar-refractivity contribution in [3.05, 3.63) is 34.6 Å². The molecule has 4 heteroatoms. The normalized spacial score (nSPS) is 14.2. The Morgan fingerprint density at radius 2 is 2.00 bits per heavy atom. The van der Waals surface area contributed by atoms with E-state index in [-0.39, 0.29) is 5.82 Å². The van der Waals surface area contributed by atoms with Gasteiger partial charge in [-0.2, -0.15) is 0 Å². The van der Waals surface area contributed by atoms with Crippen molar-refractivity contribution >= 4 is 5.97 Å². The number of nitrogens with two attached hydrogens (primary N) is 1. The summed E-state index contributed by atoms with van der Waals surface area (Å²) in [5.74, 6) is -1.28. The maximum absolute atomic E-state index is 13.8. The molecule has 0 amide bonds. The Hall–Kier alpha value is -1.42. The van der Waals surface area contributed by atoms with Crippen LogP contribution in [0.1, 0.15) is 29.5 Å². The molecule has 1 rings (SSSR count). The van der Waals surface area contributed by atoms with Gasteiger partial charge in [0.05, 0.1) is 7.11 Å². The van der Waals surface area contributed by atoms with E-state index in [4.69, 9.17) is 5.73 Å². The first-order chi connectivity index (χ1) is 7.90. The minimum Gasteiger partial charge on any atom is -0.468 e. The lowest BCUT2D eigenvalue weighted by molar-refractivity contribution is -0.142. The first kappa shape index (κ1) is 13.6. The van der Waals surface area contributed by atoms with Gasteiger partial charge in [-0.05, 0) is 36.6 Å². The lowest BCUT2D eigenvalue weighted by atomic mass is 9.88. The van der Waals surface area contributed by atoms with E-state index in [1.165, 1.54) is 13.2 Å². The SMILES string of the molecule is COC(=O)[C@@H](N)C(C)c1c(F)ccc(C)c1C. The van der Waals surface area contributed by atoms with Gasteiger partial charge in [0.2, 0.25) is 0 Å². The molecule has 94 valence electrons. The fourth-order valence-corrected chi connectivity index (χ4v) is 1.88. The predicted octanol–water partition coefficient (Wildman–Crippen LogP) is 2.05. The van der Waals surface area contributed by atoms with Crippen LogP contribution in [0.3, 0.4) is 0 Å². The molecule has 0 saturated heterocycles. The number of carbonyl (C=O) groups excluding carboxylic acids is 1. The topological polar surface area (TPSA) is 52.3 Å². The van der Waals surface area contributed by atoms with Gasteiger partial charge in [0, 0.05) is 5.92 Å². The van der Waals surface area contributed by atoms with Crippen molar-refractivity contribution in [3.8, 4) is 0 Å². The molecule has 0 spiro atoms. The molecule has 0 saturated carbocycles. The van der Waals surface area contributed by atoms with Crippen LogP contribution >= 0.6 is 0 Å². The number of hydrogen-bond donors (Lipinski definition) is 1. The van der Waals surface area contributed by atoms with Gasteiger partial charge in [-0.1, -0.05) is 13.0 Å². The molecule has 0 heterocycles. The van der Waals surface area contributed by atoms with Crippen LogP contribution in [0.15, 0.2) is 12.1 Å². The molecular weight excluding hydrogens is 221 g/mol. The summed E-state index contributed by atoms with van der Waals surface area (Å²) in [6.45, 7) is 5.45. The summed E-state index contributed by atoms with van der Waals surface area (Å²) < 4.78 is 18.4. The molecule has 0 aliphatic rings. The van der Waals surface area contributed by atoms with Gasteiger partial charge in [-0.3, -0.25) is 4.79 Å². The Labute approximate surface area is 101 Å². The highest BCUT2D eigenvalue weighted by atomic mass is 19.1. The van der Waals surface area contributed by atoms with E-state index in [0.717, 1.165) is 11.1 Å². The smallest absolute Gasteiger partial charge is 0.323 e. The third kappa shape index (κ3) is 2.64. The highest BCUT2D eigenvalue weighted by molar-refractivity contribution is 5.76. The van der Waals surface area contributed by atoms with Crippen LogP contribution in [0.2, 0.25) is 0 Å². The van der Waals surface area contributed by atoms with E-state index in [1.54, 1.807) is 13.0 Å². The zero-order chi connectivity index (χ0) is 13.2. The van der Waals surface area contributed by atoms with E-state index in [2.05, 4.69) is 4.74 Å². The number of aryl methyl sites for hydroxylation is 1. The van der Waals surface area contributed by atoms with Crippen molar-refractivity contribution in [3.63, 3.8) is 0 Å². The van der Waals surface area contributed by atoms with Crippen molar-refractivity contribution in [2.24, 2.45) is 5.73 Å². The van der Waals surface area contributed by atoms with E-state index in [1.807, 2.05) is 13.8 Å². The van der Waals surface area contributed by atoms with Crippen LogP contribution in [0.25, 0.3) is 0 Å². The second-order valence-electron chi connectivity index (χ2n) is 4.24.